The second-order valence-corrected chi connectivity index (χ2v) is 7.59. The van der Waals surface area contributed by atoms with E-state index in [4.69, 9.17) is 9.26 Å². The first-order valence-corrected chi connectivity index (χ1v) is 10.5. The van der Waals surface area contributed by atoms with Crippen LogP contribution in [0.3, 0.4) is 0 Å². The summed E-state index contributed by atoms with van der Waals surface area (Å²) in [4.78, 5) is 27.1. The Morgan fingerprint density at radius 2 is 2.16 bits per heavy atom. The molecular formula is C22H26N6O3. The Morgan fingerprint density at radius 3 is 2.94 bits per heavy atom. The molecule has 1 N–H and O–H groups in total. The third kappa shape index (κ3) is 5.56. The van der Waals surface area contributed by atoms with Crippen molar-refractivity contribution in [2.75, 3.05) is 26.7 Å². The molecular weight excluding hydrogens is 396 g/mol. The fourth-order valence-electron chi connectivity index (χ4n) is 3.74. The average molecular weight is 422 g/mol. The summed E-state index contributed by atoms with van der Waals surface area (Å²) in [6, 6.07) is 7.87. The molecule has 31 heavy (non-hydrogen) atoms. The van der Waals surface area contributed by atoms with Crippen molar-refractivity contribution in [3.63, 3.8) is 0 Å². The highest BCUT2D eigenvalue weighted by Crippen LogP contribution is 2.21. The molecule has 3 aromatic rings. The number of carbonyl (C=O) groups is 1. The summed E-state index contributed by atoms with van der Waals surface area (Å²) in [6.07, 6.45) is 8.21. The SMILES string of the molecule is COc1ccc(CCNC(=O)N2CCCC(Cc3nc(-c4cnccn4)no3)C2)cc1. The molecule has 0 radical (unpaired) electrons. The zero-order valence-electron chi connectivity index (χ0n) is 17.5. The van der Waals surface area contributed by atoms with Crippen LogP contribution in [-0.4, -0.2) is 57.8 Å². The number of benzene rings is 1. The van der Waals surface area contributed by atoms with Gasteiger partial charge in [-0.25, -0.2) is 9.78 Å². The predicted molar refractivity (Wildman–Crippen MR) is 113 cm³/mol. The van der Waals surface area contributed by atoms with Crippen molar-refractivity contribution < 1.29 is 14.1 Å². The van der Waals surface area contributed by atoms with Gasteiger partial charge in [-0.3, -0.25) is 4.98 Å². The quantitative estimate of drug-likeness (QED) is 0.624. The highest BCUT2D eigenvalue weighted by atomic mass is 16.5. The number of urea groups is 1. The number of hydrogen-bond donors (Lipinski definition) is 1. The van der Waals surface area contributed by atoms with Gasteiger partial charge in [-0.1, -0.05) is 17.3 Å². The molecule has 2 aromatic heterocycles. The van der Waals surface area contributed by atoms with E-state index in [1.807, 2.05) is 29.2 Å². The molecule has 1 aliphatic rings. The Labute approximate surface area is 180 Å². The predicted octanol–water partition coefficient (Wildman–Crippen LogP) is 2.74. The summed E-state index contributed by atoms with van der Waals surface area (Å²) in [5, 5.41) is 7.03. The lowest BCUT2D eigenvalue weighted by Crippen LogP contribution is -2.46. The first kappa shape index (κ1) is 20.8. The average Bonchev–Trinajstić information content (AvgIpc) is 3.29. The van der Waals surface area contributed by atoms with Crippen LogP contribution in [-0.2, 0) is 12.8 Å². The van der Waals surface area contributed by atoms with Crippen LogP contribution in [0.5, 0.6) is 5.75 Å². The van der Waals surface area contributed by atoms with Crippen LogP contribution in [0.4, 0.5) is 4.79 Å². The highest BCUT2D eigenvalue weighted by Gasteiger charge is 2.25. The fourth-order valence-corrected chi connectivity index (χ4v) is 3.74. The maximum absolute atomic E-state index is 12.6. The van der Waals surface area contributed by atoms with Gasteiger partial charge in [0.15, 0.2) is 0 Å². The van der Waals surface area contributed by atoms with Crippen molar-refractivity contribution in [3.05, 3.63) is 54.3 Å². The van der Waals surface area contributed by atoms with Crippen LogP contribution in [0.1, 0.15) is 24.3 Å². The number of aromatic nitrogens is 4. The number of nitrogens with zero attached hydrogens (tertiary/aromatic N) is 5. The molecule has 1 atom stereocenters. The monoisotopic (exact) mass is 422 g/mol. The van der Waals surface area contributed by atoms with Crippen molar-refractivity contribution >= 4 is 6.03 Å². The van der Waals surface area contributed by atoms with Crippen LogP contribution >= 0.6 is 0 Å². The smallest absolute Gasteiger partial charge is 0.317 e. The first-order chi connectivity index (χ1) is 15.2. The number of carbonyl (C=O) groups excluding carboxylic acids is 1. The minimum absolute atomic E-state index is 0.0241. The zero-order chi connectivity index (χ0) is 21.5. The van der Waals surface area contributed by atoms with E-state index in [0.29, 0.717) is 36.9 Å². The van der Waals surface area contributed by atoms with E-state index in [0.717, 1.165) is 37.1 Å². The molecule has 0 bridgehead atoms. The Bertz CT molecular complexity index is 976. The summed E-state index contributed by atoms with van der Waals surface area (Å²) < 4.78 is 10.6. The normalized spacial score (nSPS) is 16.2. The standard InChI is InChI=1S/C22H26N6O3/c1-30-18-6-4-16(5-7-18)8-9-25-22(29)28-12-2-3-17(15-28)13-20-26-21(27-31-20)19-14-23-10-11-24-19/h4-7,10-11,14,17H,2-3,8-9,12-13,15H2,1H3,(H,25,29). The summed E-state index contributed by atoms with van der Waals surface area (Å²) >= 11 is 0. The second-order valence-electron chi connectivity index (χ2n) is 7.59. The third-order valence-electron chi connectivity index (χ3n) is 5.38. The Kier molecular flexibility index (Phi) is 6.71. The van der Waals surface area contributed by atoms with Crippen molar-refractivity contribution in [3.8, 4) is 17.3 Å². The molecule has 3 heterocycles. The van der Waals surface area contributed by atoms with Gasteiger partial charge in [0.1, 0.15) is 11.4 Å². The van der Waals surface area contributed by atoms with Crippen molar-refractivity contribution in [2.24, 2.45) is 5.92 Å². The van der Waals surface area contributed by atoms with Gasteiger partial charge in [0.25, 0.3) is 0 Å². The first-order valence-electron chi connectivity index (χ1n) is 10.5. The Morgan fingerprint density at radius 1 is 1.29 bits per heavy atom. The topological polar surface area (TPSA) is 106 Å². The van der Waals surface area contributed by atoms with E-state index in [2.05, 4.69) is 25.4 Å². The van der Waals surface area contributed by atoms with E-state index < -0.39 is 0 Å². The Balaban J connectivity index is 1.25. The molecule has 1 fully saturated rings. The summed E-state index contributed by atoms with van der Waals surface area (Å²) in [6.45, 7) is 2.04. The fraction of sp³-hybridized carbons (Fsp3) is 0.409. The molecule has 0 spiro atoms. The number of amides is 2. The summed E-state index contributed by atoms with van der Waals surface area (Å²) in [7, 11) is 1.65. The lowest BCUT2D eigenvalue weighted by molar-refractivity contribution is 0.162. The second kappa shape index (κ2) is 10.0. The van der Waals surface area contributed by atoms with Gasteiger partial charge < -0.3 is 19.5 Å². The van der Waals surface area contributed by atoms with Crippen LogP contribution < -0.4 is 10.1 Å². The number of ether oxygens (including phenoxy) is 1. The largest absolute Gasteiger partial charge is 0.497 e. The molecule has 4 rings (SSSR count). The number of nitrogens with one attached hydrogen (secondary N) is 1. The number of hydrogen-bond acceptors (Lipinski definition) is 7. The van der Waals surface area contributed by atoms with Crippen molar-refractivity contribution in [2.45, 2.75) is 25.7 Å². The Hall–Kier alpha value is -3.49. The van der Waals surface area contributed by atoms with E-state index in [1.165, 1.54) is 0 Å². The lowest BCUT2D eigenvalue weighted by Gasteiger charge is -2.32. The summed E-state index contributed by atoms with van der Waals surface area (Å²) in [5.41, 5.74) is 1.74. The van der Waals surface area contributed by atoms with Gasteiger partial charge >= 0.3 is 6.03 Å². The number of rotatable bonds is 7. The van der Waals surface area contributed by atoms with E-state index in [-0.39, 0.29) is 11.9 Å². The molecule has 2 amide bonds. The molecule has 1 aliphatic heterocycles. The van der Waals surface area contributed by atoms with Crippen LogP contribution in [0, 0.1) is 5.92 Å². The van der Waals surface area contributed by atoms with Gasteiger partial charge in [0, 0.05) is 38.4 Å². The highest BCUT2D eigenvalue weighted by molar-refractivity contribution is 5.74. The van der Waals surface area contributed by atoms with E-state index in [9.17, 15) is 4.79 Å². The number of piperidine rings is 1. The van der Waals surface area contributed by atoms with Gasteiger partial charge in [0.05, 0.1) is 13.3 Å². The van der Waals surface area contributed by atoms with Crippen LogP contribution in [0.15, 0.2) is 47.4 Å². The van der Waals surface area contributed by atoms with E-state index >= 15 is 0 Å². The minimum Gasteiger partial charge on any atom is -0.497 e. The maximum atomic E-state index is 12.6. The van der Waals surface area contributed by atoms with Gasteiger partial charge in [-0.15, -0.1) is 0 Å². The molecule has 1 saturated heterocycles. The minimum atomic E-state index is -0.0241. The summed E-state index contributed by atoms with van der Waals surface area (Å²) in [5.74, 6) is 2.12. The molecule has 0 saturated carbocycles. The van der Waals surface area contributed by atoms with Gasteiger partial charge in [-0.2, -0.15) is 4.98 Å². The van der Waals surface area contributed by atoms with Gasteiger partial charge in [0.2, 0.25) is 11.7 Å². The zero-order valence-corrected chi connectivity index (χ0v) is 17.5. The third-order valence-corrected chi connectivity index (χ3v) is 5.38. The van der Waals surface area contributed by atoms with Crippen molar-refractivity contribution in [1.29, 1.82) is 0 Å². The molecule has 162 valence electrons. The van der Waals surface area contributed by atoms with Gasteiger partial charge in [-0.05, 0) is 42.9 Å². The number of likely N-dealkylation sites (tertiary alicyclic amines) is 1. The van der Waals surface area contributed by atoms with E-state index in [1.54, 1.807) is 25.7 Å². The number of methoxy groups -OCH3 is 1. The van der Waals surface area contributed by atoms with Crippen LogP contribution in [0.25, 0.3) is 11.5 Å². The molecule has 9 nitrogen and oxygen atoms in total. The van der Waals surface area contributed by atoms with Crippen LogP contribution in [0.2, 0.25) is 0 Å². The molecule has 0 aliphatic carbocycles. The van der Waals surface area contributed by atoms with Crippen molar-refractivity contribution in [1.82, 2.24) is 30.3 Å². The lowest BCUT2D eigenvalue weighted by atomic mass is 9.95. The maximum Gasteiger partial charge on any atom is 0.317 e. The molecule has 9 heteroatoms. The molecule has 1 unspecified atom stereocenters. The molecule has 1 aromatic carbocycles.